The molecular weight excluding hydrogens is 248 g/mol. The zero-order valence-electron chi connectivity index (χ0n) is 10.6. The molecule has 0 amide bonds. The molecule has 0 atom stereocenters. The molecule has 0 spiro atoms. The van der Waals surface area contributed by atoms with Crippen LogP contribution >= 0.6 is 0 Å². The van der Waals surface area contributed by atoms with Crippen LogP contribution in [-0.2, 0) is 16.4 Å². The van der Waals surface area contributed by atoms with Gasteiger partial charge < -0.3 is 5.32 Å². The summed E-state index contributed by atoms with van der Waals surface area (Å²) in [6.07, 6.45) is 2.63. The molecule has 0 aromatic heterocycles. The molecule has 2 rings (SSSR count). The van der Waals surface area contributed by atoms with Gasteiger partial charge in [-0.2, -0.15) is 0 Å². The summed E-state index contributed by atoms with van der Waals surface area (Å²) >= 11 is 0. The molecule has 2 N–H and O–H groups in total. The van der Waals surface area contributed by atoms with Crippen molar-refractivity contribution in [1.29, 1.82) is 0 Å². The molecule has 5 heteroatoms. The summed E-state index contributed by atoms with van der Waals surface area (Å²) < 4.78 is 27.1. The van der Waals surface area contributed by atoms with Crippen molar-refractivity contribution in [1.82, 2.24) is 10.0 Å². The van der Waals surface area contributed by atoms with Crippen LogP contribution in [0.1, 0.15) is 25.3 Å². The van der Waals surface area contributed by atoms with Crippen LogP contribution in [0, 0.1) is 0 Å². The first-order chi connectivity index (χ1) is 8.62. The van der Waals surface area contributed by atoms with E-state index >= 15 is 0 Å². The topological polar surface area (TPSA) is 58.2 Å². The lowest BCUT2D eigenvalue weighted by Gasteiger charge is -2.23. The number of hydrogen-bond donors (Lipinski definition) is 2. The maximum atomic E-state index is 12.2. The Morgan fingerprint density at radius 1 is 1.22 bits per heavy atom. The fourth-order valence-corrected chi connectivity index (χ4v) is 3.44. The number of nitrogens with one attached hydrogen (secondary N) is 2. The van der Waals surface area contributed by atoms with Gasteiger partial charge in [-0.3, -0.25) is 0 Å². The lowest BCUT2D eigenvalue weighted by atomic mass is 10.1. The molecule has 4 nitrogen and oxygen atoms in total. The molecule has 0 radical (unpaired) electrons. The fraction of sp³-hybridized carbons (Fsp3) is 0.538. The fourth-order valence-electron chi connectivity index (χ4n) is 2.13. The first-order valence-corrected chi connectivity index (χ1v) is 7.92. The van der Waals surface area contributed by atoms with Crippen LogP contribution in [0.25, 0.3) is 0 Å². The second kappa shape index (κ2) is 5.82. The van der Waals surface area contributed by atoms with Gasteiger partial charge in [-0.25, -0.2) is 13.1 Å². The van der Waals surface area contributed by atoms with Crippen LogP contribution in [-0.4, -0.2) is 27.5 Å². The lowest BCUT2D eigenvalue weighted by molar-refractivity contribution is 0.427. The molecular formula is C13H20N2O2S. The number of rotatable bonds is 4. The van der Waals surface area contributed by atoms with Crippen molar-refractivity contribution in [2.45, 2.75) is 37.1 Å². The van der Waals surface area contributed by atoms with Gasteiger partial charge in [0.15, 0.2) is 0 Å². The third-order valence-corrected chi connectivity index (χ3v) is 4.84. The number of aryl methyl sites for hydroxylation is 1. The Kier molecular flexibility index (Phi) is 4.37. The van der Waals surface area contributed by atoms with Gasteiger partial charge in [-0.15, -0.1) is 0 Å². The van der Waals surface area contributed by atoms with Gasteiger partial charge in [0.2, 0.25) is 10.0 Å². The second-order valence-corrected chi connectivity index (χ2v) is 6.36. The number of hydrogen-bond acceptors (Lipinski definition) is 3. The Morgan fingerprint density at radius 3 is 2.39 bits per heavy atom. The van der Waals surface area contributed by atoms with Crippen molar-refractivity contribution in [2.24, 2.45) is 0 Å². The highest BCUT2D eigenvalue weighted by molar-refractivity contribution is 7.89. The summed E-state index contributed by atoms with van der Waals surface area (Å²) in [5.74, 6) is 0. The van der Waals surface area contributed by atoms with Crippen molar-refractivity contribution in [3.8, 4) is 0 Å². The molecule has 0 bridgehead atoms. The summed E-state index contributed by atoms with van der Waals surface area (Å²) in [6.45, 7) is 3.81. The molecule has 1 aromatic carbocycles. The SMILES string of the molecule is CCc1ccc(S(=O)(=O)NC2CCNCC2)cc1. The maximum Gasteiger partial charge on any atom is 0.240 e. The highest BCUT2D eigenvalue weighted by Gasteiger charge is 2.21. The summed E-state index contributed by atoms with van der Waals surface area (Å²) in [6, 6.07) is 7.17. The van der Waals surface area contributed by atoms with Gasteiger partial charge in [0, 0.05) is 6.04 Å². The Balaban J connectivity index is 2.08. The van der Waals surface area contributed by atoms with Gasteiger partial charge in [-0.1, -0.05) is 19.1 Å². The van der Waals surface area contributed by atoms with Gasteiger partial charge in [0.05, 0.1) is 4.90 Å². The number of benzene rings is 1. The van der Waals surface area contributed by atoms with E-state index < -0.39 is 10.0 Å². The molecule has 1 heterocycles. The minimum atomic E-state index is -3.36. The predicted molar refractivity (Wildman–Crippen MR) is 72.0 cm³/mol. The first-order valence-electron chi connectivity index (χ1n) is 6.44. The van der Waals surface area contributed by atoms with E-state index in [1.54, 1.807) is 12.1 Å². The van der Waals surface area contributed by atoms with Gasteiger partial charge in [0.1, 0.15) is 0 Å². The average molecular weight is 268 g/mol. The smallest absolute Gasteiger partial charge is 0.240 e. The van der Waals surface area contributed by atoms with Crippen LogP contribution in [0.5, 0.6) is 0 Å². The predicted octanol–water partition coefficient (Wildman–Crippen LogP) is 1.28. The van der Waals surface area contributed by atoms with Crippen molar-refractivity contribution in [3.63, 3.8) is 0 Å². The molecule has 1 aliphatic rings. The second-order valence-electron chi connectivity index (χ2n) is 4.64. The quantitative estimate of drug-likeness (QED) is 0.865. The van der Waals surface area contributed by atoms with Crippen LogP contribution in [0.15, 0.2) is 29.2 Å². The summed E-state index contributed by atoms with van der Waals surface area (Å²) in [7, 11) is -3.36. The molecule has 100 valence electrons. The van der Waals surface area contributed by atoms with Crippen LogP contribution in [0.2, 0.25) is 0 Å². The Hall–Kier alpha value is -0.910. The summed E-state index contributed by atoms with van der Waals surface area (Å²) in [4.78, 5) is 0.359. The molecule has 18 heavy (non-hydrogen) atoms. The third kappa shape index (κ3) is 3.31. The Labute approximate surface area is 109 Å². The minimum Gasteiger partial charge on any atom is -0.317 e. The lowest BCUT2D eigenvalue weighted by Crippen LogP contribution is -2.42. The Bertz CT molecular complexity index is 476. The van der Waals surface area contributed by atoms with Gasteiger partial charge in [0.25, 0.3) is 0 Å². The monoisotopic (exact) mass is 268 g/mol. The standard InChI is InChI=1S/C13H20N2O2S/c1-2-11-3-5-13(6-4-11)18(16,17)15-12-7-9-14-10-8-12/h3-6,12,14-15H,2,7-10H2,1H3. The maximum absolute atomic E-state index is 12.2. The Morgan fingerprint density at radius 2 is 1.83 bits per heavy atom. The molecule has 1 aliphatic heterocycles. The van der Waals surface area contributed by atoms with Gasteiger partial charge >= 0.3 is 0 Å². The van der Waals surface area contributed by atoms with Crippen LogP contribution < -0.4 is 10.0 Å². The zero-order chi connectivity index (χ0) is 13.0. The summed E-state index contributed by atoms with van der Waals surface area (Å²) in [5.41, 5.74) is 1.15. The molecule has 0 saturated carbocycles. The largest absolute Gasteiger partial charge is 0.317 e. The highest BCUT2D eigenvalue weighted by atomic mass is 32.2. The molecule has 1 aromatic rings. The van der Waals surface area contributed by atoms with Crippen molar-refractivity contribution in [3.05, 3.63) is 29.8 Å². The molecule has 0 unspecified atom stereocenters. The van der Waals surface area contributed by atoms with E-state index in [0.29, 0.717) is 4.90 Å². The summed E-state index contributed by atoms with van der Waals surface area (Å²) in [5, 5.41) is 3.22. The van der Waals surface area contributed by atoms with E-state index in [-0.39, 0.29) is 6.04 Å². The van der Waals surface area contributed by atoms with E-state index in [2.05, 4.69) is 17.0 Å². The number of sulfonamides is 1. The first kappa shape index (κ1) is 13.5. The highest BCUT2D eigenvalue weighted by Crippen LogP contribution is 2.13. The molecule has 1 fully saturated rings. The van der Waals surface area contributed by atoms with Crippen molar-refractivity contribution in [2.75, 3.05) is 13.1 Å². The molecule has 0 aliphatic carbocycles. The molecule has 1 saturated heterocycles. The van der Waals surface area contributed by atoms with E-state index in [9.17, 15) is 8.42 Å². The van der Waals surface area contributed by atoms with Crippen molar-refractivity contribution >= 4 is 10.0 Å². The van der Waals surface area contributed by atoms with E-state index in [1.165, 1.54) is 0 Å². The van der Waals surface area contributed by atoms with E-state index in [1.807, 2.05) is 12.1 Å². The zero-order valence-corrected chi connectivity index (χ0v) is 11.5. The van der Waals surface area contributed by atoms with Crippen molar-refractivity contribution < 1.29 is 8.42 Å². The van der Waals surface area contributed by atoms with Gasteiger partial charge in [-0.05, 0) is 50.0 Å². The van der Waals surface area contributed by atoms with E-state index in [0.717, 1.165) is 37.9 Å². The number of piperidine rings is 1. The minimum absolute atomic E-state index is 0.0575. The van der Waals surface area contributed by atoms with E-state index in [4.69, 9.17) is 0 Å². The third-order valence-electron chi connectivity index (χ3n) is 3.30. The van der Waals surface area contributed by atoms with Crippen LogP contribution in [0.4, 0.5) is 0 Å². The normalized spacial score (nSPS) is 17.8. The van der Waals surface area contributed by atoms with Crippen LogP contribution in [0.3, 0.4) is 0 Å². The average Bonchev–Trinajstić information content (AvgIpc) is 2.39.